The van der Waals surface area contributed by atoms with Crippen molar-refractivity contribution in [2.75, 3.05) is 38.2 Å². The smallest absolute Gasteiger partial charge is 0.140 e. The fourth-order valence-electron chi connectivity index (χ4n) is 3.16. The van der Waals surface area contributed by atoms with Gasteiger partial charge in [-0.05, 0) is 25.0 Å². The van der Waals surface area contributed by atoms with E-state index in [1.165, 1.54) is 18.5 Å². The maximum Gasteiger partial charge on any atom is 0.140 e. The Morgan fingerprint density at radius 3 is 2.74 bits per heavy atom. The fourth-order valence-corrected chi connectivity index (χ4v) is 3.16. The summed E-state index contributed by atoms with van der Waals surface area (Å²) in [6, 6.07) is 10.4. The van der Waals surface area contributed by atoms with E-state index in [1.807, 2.05) is 6.07 Å². The first-order valence-corrected chi connectivity index (χ1v) is 8.38. The van der Waals surface area contributed by atoms with E-state index in [2.05, 4.69) is 39.2 Å². The first-order valence-electron chi connectivity index (χ1n) is 8.38. The van der Waals surface area contributed by atoms with Crippen LogP contribution in [-0.2, 0) is 6.54 Å². The number of hydrogen-bond acceptors (Lipinski definition) is 5. The Morgan fingerprint density at radius 2 is 2.00 bits per heavy atom. The predicted molar refractivity (Wildman–Crippen MR) is 89.0 cm³/mol. The minimum atomic E-state index is 0.640. The number of nitrogens with zero attached hydrogens (tertiary/aromatic N) is 3. The van der Waals surface area contributed by atoms with Crippen molar-refractivity contribution in [3.05, 3.63) is 41.8 Å². The quantitative estimate of drug-likeness (QED) is 0.849. The molecule has 1 aliphatic heterocycles. The van der Waals surface area contributed by atoms with Gasteiger partial charge in [-0.3, -0.25) is 4.90 Å². The minimum Gasteiger partial charge on any atom is -0.497 e. The van der Waals surface area contributed by atoms with Gasteiger partial charge in [-0.2, -0.15) is 0 Å². The maximum atomic E-state index is 5.45. The Hall–Kier alpha value is -2.01. The second kappa shape index (κ2) is 6.24. The molecule has 2 heterocycles. The van der Waals surface area contributed by atoms with Crippen LogP contribution < -0.4 is 9.64 Å². The highest BCUT2D eigenvalue weighted by atomic mass is 16.5. The van der Waals surface area contributed by atoms with E-state index in [1.54, 1.807) is 7.11 Å². The summed E-state index contributed by atoms with van der Waals surface area (Å²) in [5, 5.41) is 4.22. The summed E-state index contributed by atoms with van der Waals surface area (Å²) in [6.07, 6.45) is 2.52. The number of methoxy groups -OCH3 is 1. The largest absolute Gasteiger partial charge is 0.497 e. The monoisotopic (exact) mass is 313 g/mol. The van der Waals surface area contributed by atoms with Gasteiger partial charge in [0.1, 0.15) is 11.5 Å². The molecule has 1 aliphatic carbocycles. The van der Waals surface area contributed by atoms with E-state index in [0.717, 1.165) is 49.9 Å². The molecule has 1 saturated carbocycles. The van der Waals surface area contributed by atoms with Crippen molar-refractivity contribution in [1.82, 2.24) is 10.1 Å². The average molecular weight is 313 g/mol. The molecule has 1 aromatic heterocycles. The van der Waals surface area contributed by atoms with E-state index in [4.69, 9.17) is 9.26 Å². The first kappa shape index (κ1) is 14.6. The SMILES string of the molecule is COc1cccc(N2CCN(Cc3cc(C4CC4)on3)CC2)c1. The van der Waals surface area contributed by atoms with Crippen LogP contribution in [-0.4, -0.2) is 43.3 Å². The second-order valence-corrected chi connectivity index (χ2v) is 6.46. The Morgan fingerprint density at radius 1 is 1.17 bits per heavy atom. The Labute approximate surface area is 136 Å². The fraction of sp³-hybridized carbons (Fsp3) is 0.500. The lowest BCUT2D eigenvalue weighted by Gasteiger charge is -2.35. The van der Waals surface area contributed by atoms with Gasteiger partial charge in [0.05, 0.1) is 12.8 Å². The van der Waals surface area contributed by atoms with Gasteiger partial charge in [-0.1, -0.05) is 11.2 Å². The van der Waals surface area contributed by atoms with Crippen molar-refractivity contribution < 1.29 is 9.26 Å². The van der Waals surface area contributed by atoms with Gasteiger partial charge in [-0.15, -0.1) is 0 Å². The first-order chi connectivity index (χ1) is 11.3. The highest BCUT2D eigenvalue weighted by molar-refractivity contribution is 5.51. The molecule has 23 heavy (non-hydrogen) atoms. The molecule has 5 nitrogen and oxygen atoms in total. The lowest BCUT2D eigenvalue weighted by atomic mass is 10.2. The molecule has 0 spiro atoms. The van der Waals surface area contributed by atoms with E-state index in [0.29, 0.717) is 5.92 Å². The molecule has 0 N–H and O–H groups in total. The van der Waals surface area contributed by atoms with Crippen LogP contribution in [0.5, 0.6) is 5.75 Å². The molecule has 2 fully saturated rings. The van der Waals surface area contributed by atoms with Crippen molar-refractivity contribution in [3.63, 3.8) is 0 Å². The predicted octanol–water partition coefficient (Wildman–Crippen LogP) is 2.88. The highest BCUT2D eigenvalue weighted by Gasteiger charge is 2.28. The summed E-state index contributed by atoms with van der Waals surface area (Å²) in [4.78, 5) is 4.86. The summed E-state index contributed by atoms with van der Waals surface area (Å²) in [5.74, 6) is 2.64. The van der Waals surface area contributed by atoms with Gasteiger partial charge in [0, 0.05) is 56.5 Å². The van der Waals surface area contributed by atoms with Crippen LogP contribution in [0.25, 0.3) is 0 Å². The van der Waals surface area contributed by atoms with Gasteiger partial charge >= 0.3 is 0 Å². The molecular weight excluding hydrogens is 290 g/mol. The second-order valence-electron chi connectivity index (χ2n) is 6.46. The highest BCUT2D eigenvalue weighted by Crippen LogP contribution is 2.40. The Kier molecular flexibility index (Phi) is 3.95. The summed E-state index contributed by atoms with van der Waals surface area (Å²) >= 11 is 0. The van der Waals surface area contributed by atoms with Crippen LogP contribution in [0.3, 0.4) is 0 Å². The number of benzene rings is 1. The molecule has 122 valence electrons. The van der Waals surface area contributed by atoms with Crippen molar-refractivity contribution >= 4 is 5.69 Å². The molecular formula is C18H23N3O2. The molecule has 5 heteroatoms. The maximum absolute atomic E-state index is 5.45. The summed E-state index contributed by atoms with van der Waals surface area (Å²) in [6.45, 7) is 5.04. The molecule has 2 aliphatic rings. The molecule has 1 saturated heterocycles. The van der Waals surface area contributed by atoms with Crippen LogP contribution in [0.4, 0.5) is 5.69 Å². The molecule has 0 amide bonds. The standard InChI is InChI=1S/C18H23N3O2/c1-22-17-4-2-3-16(12-17)21-9-7-20(8-10-21)13-15-11-18(23-19-15)14-5-6-14/h2-4,11-12,14H,5-10,13H2,1H3. The molecule has 4 rings (SSSR count). The summed E-state index contributed by atoms with van der Waals surface area (Å²) in [5.41, 5.74) is 2.31. The Bertz CT molecular complexity index is 658. The number of aromatic nitrogens is 1. The normalized spacial score (nSPS) is 19.1. The lowest BCUT2D eigenvalue weighted by molar-refractivity contribution is 0.241. The van der Waals surface area contributed by atoms with Crippen molar-refractivity contribution in [2.45, 2.75) is 25.3 Å². The molecule has 0 atom stereocenters. The molecule has 0 radical (unpaired) electrons. The zero-order chi connectivity index (χ0) is 15.6. The molecule has 0 bridgehead atoms. The van der Waals surface area contributed by atoms with Crippen LogP contribution in [0.2, 0.25) is 0 Å². The van der Waals surface area contributed by atoms with Crippen LogP contribution in [0, 0.1) is 0 Å². The van der Waals surface area contributed by atoms with Gasteiger partial charge in [0.2, 0.25) is 0 Å². The van der Waals surface area contributed by atoms with Crippen LogP contribution in [0.1, 0.15) is 30.2 Å². The third-order valence-electron chi connectivity index (χ3n) is 4.73. The lowest BCUT2D eigenvalue weighted by Crippen LogP contribution is -2.46. The molecule has 1 aromatic carbocycles. The van der Waals surface area contributed by atoms with Gasteiger partial charge in [-0.25, -0.2) is 0 Å². The van der Waals surface area contributed by atoms with Gasteiger partial charge in [0.15, 0.2) is 0 Å². The minimum absolute atomic E-state index is 0.640. The van der Waals surface area contributed by atoms with Gasteiger partial charge in [0.25, 0.3) is 0 Å². The van der Waals surface area contributed by atoms with E-state index >= 15 is 0 Å². The number of anilines is 1. The average Bonchev–Trinajstić information content (AvgIpc) is 3.35. The van der Waals surface area contributed by atoms with Crippen LogP contribution in [0.15, 0.2) is 34.9 Å². The van der Waals surface area contributed by atoms with Crippen molar-refractivity contribution in [3.8, 4) is 5.75 Å². The van der Waals surface area contributed by atoms with E-state index in [9.17, 15) is 0 Å². The zero-order valence-electron chi connectivity index (χ0n) is 13.6. The topological polar surface area (TPSA) is 41.7 Å². The summed E-state index contributed by atoms with van der Waals surface area (Å²) < 4.78 is 10.8. The number of hydrogen-bond donors (Lipinski definition) is 0. The van der Waals surface area contributed by atoms with Crippen LogP contribution >= 0.6 is 0 Å². The van der Waals surface area contributed by atoms with Crippen molar-refractivity contribution in [1.29, 1.82) is 0 Å². The molecule has 0 unspecified atom stereocenters. The number of piperazine rings is 1. The third-order valence-corrected chi connectivity index (χ3v) is 4.73. The summed E-state index contributed by atoms with van der Waals surface area (Å²) in [7, 11) is 1.71. The van der Waals surface area contributed by atoms with E-state index < -0.39 is 0 Å². The number of rotatable bonds is 5. The van der Waals surface area contributed by atoms with E-state index in [-0.39, 0.29) is 0 Å². The van der Waals surface area contributed by atoms with Crippen molar-refractivity contribution in [2.24, 2.45) is 0 Å². The third kappa shape index (κ3) is 3.34. The number of ether oxygens (including phenoxy) is 1. The zero-order valence-corrected chi connectivity index (χ0v) is 13.6. The van der Waals surface area contributed by atoms with Gasteiger partial charge < -0.3 is 14.2 Å². The molecule has 2 aromatic rings. The Balaban J connectivity index is 1.32.